The Bertz CT molecular complexity index is 626. The fourth-order valence-electron chi connectivity index (χ4n) is 1.66. The number of hydrogen-bond acceptors (Lipinski definition) is 3. The molecule has 0 amide bonds. The van der Waals surface area contributed by atoms with Gasteiger partial charge in [0.25, 0.3) is 10.0 Å². The summed E-state index contributed by atoms with van der Waals surface area (Å²) in [6.07, 6.45) is 3.08. The van der Waals surface area contributed by atoms with E-state index in [2.05, 4.69) is 14.9 Å². The van der Waals surface area contributed by atoms with Crippen molar-refractivity contribution in [2.24, 2.45) is 0 Å². The number of rotatable bonds is 6. The normalized spacial score (nSPS) is 11.4. The van der Waals surface area contributed by atoms with Crippen LogP contribution < -0.4 is 4.72 Å². The SMILES string of the molecule is O=S(=O)(Nc1cccc(CCCCl)c1)c1ccn[nH]1. The minimum absolute atomic E-state index is 0.0404. The summed E-state index contributed by atoms with van der Waals surface area (Å²) in [5.74, 6) is 0.587. The standard InChI is InChI=1S/C12H14ClN3O2S/c13-7-2-4-10-3-1-5-11(9-10)16-19(17,18)12-6-8-14-15-12/h1,3,5-6,8-9,16H,2,4,7H2,(H,14,15). The van der Waals surface area contributed by atoms with E-state index in [1.807, 2.05) is 12.1 Å². The second-order valence-corrected chi connectivity index (χ2v) is 6.05. The van der Waals surface area contributed by atoms with Crippen molar-refractivity contribution >= 4 is 27.3 Å². The number of nitrogens with one attached hydrogen (secondary N) is 2. The molecule has 0 bridgehead atoms. The van der Waals surface area contributed by atoms with Gasteiger partial charge in [0, 0.05) is 11.6 Å². The highest BCUT2D eigenvalue weighted by molar-refractivity contribution is 7.92. The van der Waals surface area contributed by atoms with Crippen LogP contribution in [0.3, 0.4) is 0 Å². The van der Waals surface area contributed by atoms with Gasteiger partial charge in [-0.15, -0.1) is 11.6 Å². The zero-order chi connectivity index (χ0) is 13.7. The molecule has 2 N–H and O–H groups in total. The molecule has 0 spiro atoms. The molecule has 0 saturated carbocycles. The van der Waals surface area contributed by atoms with Gasteiger partial charge in [-0.05, 0) is 36.6 Å². The Hall–Kier alpha value is -1.53. The average molecular weight is 300 g/mol. The highest BCUT2D eigenvalue weighted by Crippen LogP contribution is 2.16. The number of benzene rings is 1. The summed E-state index contributed by atoms with van der Waals surface area (Å²) in [5, 5.41) is 6.10. The molecule has 1 heterocycles. The zero-order valence-electron chi connectivity index (χ0n) is 10.1. The minimum atomic E-state index is -3.60. The van der Waals surface area contributed by atoms with Gasteiger partial charge in [0.05, 0.1) is 6.20 Å². The van der Waals surface area contributed by atoms with Gasteiger partial charge < -0.3 is 0 Å². The monoisotopic (exact) mass is 299 g/mol. The van der Waals surface area contributed by atoms with Crippen LogP contribution in [0.5, 0.6) is 0 Å². The summed E-state index contributed by atoms with van der Waals surface area (Å²) in [7, 11) is -3.60. The van der Waals surface area contributed by atoms with Gasteiger partial charge in [0.1, 0.15) is 0 Å². The first-order valence-electron chi connectivity index (χ1n) is 5.79. The number of aromatic nitrogens is 2. The molecule has 0 aliphatic carbocycles. The lowest BCUT2D eigenvalue weighted by atomic mass is 10.1. The van der Waals surface area contributed by atoms with Crippen LogP contribution in [-0.4, -0.2) is 24.5 Å². The Balaban J connectivity index is 2.15. The Kier molecular flexibility index (Phi) is 4.44. The molecular formula is C12H14ClN3O2S. The molecule has 0 radical (unpaired) electrons. The molecule has 5 nitrogen and oxygen atoms in total. The molecule has 102 valence electrons. The highest BCUT2D eigenvalue weighted by Gasteiger charge is 2.15. The molecular weight excluding hydrogens is 286 g/mol. The maximum Gasteiger partial charge on any atom is 0.278 e. The van der Waals surface area contributed by atoms with Crippen LogP contribution in [0, 0.1) is 0 Å². The van der Waals surface area contributed by atoms with Crippen LogP contribution in [0.4, 0.5) is 5.69 Å². The molecule has 2 aromatic rings. The molecule has 7 heteroatoms. The van der Waals surface area contributed by atoms with E-state index in [1.54, 1.807) is 12.1 Å². The predicted molar refractivity (Wildman–Crippen MR) is 74.9 cm³/mol. The Labute approximate surface area is 117 Å². The second-order valence-electron chi connectivity index (χ2n) is 4.02. The summed E-state index contributed by atoms with van der Waals surface area (Å²) < 4.78 is 26.5. The lowest BCUT2D eigenvalue weighted by Gasteiger charge is -2.07. The van der Waals surface area contributed by atoms with E-state index in [0.29, 0.717) is 11.6 Å². The predicted octanol–water partition coefficient (Wildman–Crippen LogP) is 2.38. The van der Waals surface area contributed by atoms with Crippen molar-refractivity contribution in [2.75, 3.05) is 10.6 Å². The van der Waals surface area contributed by atoms with Crippen molar-refractivity contribution in [1.82, 2.24) is 10.2 Å². The van der Waals surface area contributed by atoms with Crippen LogP contribution in [0.2, 0.25) is 0 Å². The van der Waals surface area contributed by atoms with Crippen LogP contribution in [-0.2, 0) is 16.4 Å². The number of nitrogens with zero attached hydrogens (tertiary/aromatic N) is 1. The van der Waals surface area contributed by atoms with E-state index in [-0.39, 0.29) is 5.03 Å². The fraction of sp³-hybridized carbons (Fsp3) is 0.250. The van der Waals surface area contributed by atoms with E-state index in [0.717, 1.165) is 18.4 Å². The summed E-state index contributed by atoms with van der Waals surface area (Å²) in [4.78, 5) is 0. The number of H-pyrrole nitrogens is 1. The lowest BCUT2D eigenvalue weighted by Crippen LogP contribution is -2.13. The van der Waals surface area contributed by atoms with Crippen LogP contribution in [0.15, 0.2) is 41.6 Å². The number of anilines is 1. The molecule has 2 rings (SSSR count). The smallest absolute Gasteiger partial charge is 0.278 e. The first-order chi connectivity index (χ1) is 9.12. The van der Waals surface area contributed by atoms with Crippen LogP contribution >= 0.6 is 11.6 Å². The largest absolute Gasteiger partial charge is 0.278 e. The Morgan fingerprint density at radius 1 is 1.32 bits per heavy atom. The molecule has 0 fully saturated rings. The molecule has 1 aromatic carbocycles. The van der Waals surface area contributed by atoms with Crippen molar-refractivity contribution in [2.45, 2.75) is 17.9 Å². The topological polar surface area (TPSA) is 74.8 Å². The summed E-state index contributed by atoms with van der Waals surface area (Å²) in [6.45, 7) is 0. The molecule has 0 aliphatic heterocycles. The van der Waals surface area contributed by atoms with E-state index in [4.69, 9.17) is 11.6 Å². The maximum atomic E-state index is 12.0. The maximum absolute atomic E-state index is 12.0. The van der Waals surface area contributed by atoms with Crippen LogP contribution in [0.1, 0.15) is 12.0 Å². The third-order valence-electron chi connectivity index (χ3n) is 2.54. The van der Waals surface area contributed by atoms with Gasteiger partial charge in [-0.2, -0.15) is 13.5 Å². The number of aromatic amines is 1. The summed E-state index contributed by atoms with van der Waals surface area (Å²) in [5.41, 5.74) is 1.58. The number of halogens is 1. The van der Waals surface area contributed by atoms with Crippen LogP contribution in [0.25, 0.3) is 0 Å². The van der Waals surface area contributed by atoms with Gasteiger partial charge in [-0.3, -0.25) is 9.82 Å². The van der Waals surface area contributed by atoms with Crippen molar-refractivity contribution in [3.8, 4) is 0 Å². The average Bonchev–Trinajstić information content (AvgIpc) is 2.91. The number of aryl methyl sites for hydroxylation is 1. The van der Waals surface area contributed by atoms with Gasteiger partial charge in [-0.1, -0.05) is 12.1 Å². The lowest BCUT2D eigenvalue weighted by molar-refractivity contribution is 0.597. The zero-order valence-corrected chi connectivity index (χ0v) is 11.7. The molecule has 19 heavy (non-hydrogen) atoms. The molecule has 0 saturated heterocycles. The van der Waals surface area contributed by atoms with E-state index in [9.17, 15) is 8.42 Å². The quantitative estimate of drug-likeness (QED) is 0.804. The van der Waals surface area contributed by atoms with E-state index in [1.165, 1.54) is 12.3 Å². The van der Waals surface area contributed by atoms with Crippen molar-refractivity contribution in [1.29, 1.82) is 0 Å². The first kappa shape index (κ1) is 13.9. The minimum Gasteiger partial charge on any atom is -0.278 e. The third-order valence-corrected chi connectivity index (χ3v) is 4.12. The second kappa shape index (κ2) is 6.08. The fourth-order valence-corrected chi connectivity index (χ4v) is 2.76. The number of alkyl halides is 1. The van der Waals surface area contributed by atoms with Gasteiger partial charge in [0.15, 0.2) is 5.03 Å². The van der Waals surface area contributed by atoms with Gasteiger partial charge in [-0.25, -0.2) is 0 Å². The number of sulfonamides is 1. The van der Waals surface area contributed by atoms with Gasteiger partial charge >= 0.3 is 0 Å². The molecule has 1 aromatic heterocycles. The summed E-state index contributed by atoms with van der Waals surface area (Å²) >= 11 is 5.64. The van der Waals surface area contributed by atoms with Crippen molar-refractivity contribution in [3.05, 3.63) is 42.1 Å². The molecule has 0 aliphatic rings. The molecule has 0 unspecified atom stereocenters. The van der Waals surface area contributed by atoms with Crippen molar-refractivity contribution in [3.63, 3.8) is 0 Å². The Morgan fingerprint density at radius 3 is 2.84 bits per heavy atom. The first-order valence-corrected chi connectivity index (χ1v) is 7.81. The highest BCUT2D eigenvalue weighted by atomic mass is 35.5. The molecule has 0 atom stereocenters. The third kappa shape index (κ3) is 3.71. The Morgan fingerprint density at radius 2 is 2.16 bits per heavy atom. The number of hydrogen-bond donors (Lipinski definition) is 2. The van der Waals surface area contributed by atoms with E-state index < -0.39 is 10.0 Å². The van der Waals surface area contributed by atoms with Gasteiger partial charge in [0.2, 0.25) is 0 Å². The summed E-state index contributed by atoms with van der Waals surface area (Å²) in [6, 6.07) is 8.67. The van der Waals surface area contributed by atoms with E-state index >= 15 is 0 Å². The van der Waals surface area contributed by atoms with Crippen molar-refractivity contribution < 1.29 is 8.42 Å².